The van der Waals surface area contributed by atoms with Crippen LogP contribution in [-0.2, 0) is 6.61 Å². The van der Waals surface area contributed by atoms with Crippen LogP contribution in [0.3, 0.4) is 0 Å². The van der Waals surface area contributed by atoms with Crippen LogP contribution in [0, 0.1) is 13.8 Å². The molecule has 0 saturated carbocycles. The average molecular weight is 366 g/mol. The Hall–Kier alpha value is -3.68. The number of carbonyl (C=O) groups is 2. The topological polar surface area (TPSA) is 106 Å². The summed E-state index contributed by atoms with van der Waals surface area (Å²) in [5.74, 6) is 0.430. The molecule has 0 radical (unpaired) electrons. The van der Waals surface area contributed by atoms with Crippen molar-refractivity contribution < 1.29 is 18.8 Å². The van der Waals surface area contributed by atoms with E-state index in [1.807, 2.05) is 13.8 Å². The summed E-state index contributed by atoms with van der Waals surface area (Å²) in [6.45, 7) is 4.00. The largest absolute Gasteiger partial charge is 0.489 e. The van der Waals surface area contributed by atoms with Crippen molar-refractivity contribution in [2.75, 3.05) is 0 Å². The summed E-state index contributed by atoms with van der Waals surface area (Å²) in [7, 11) is 0. The van der Waals surface area contributed by atoms with Gasteiger partial charge in [-0.05, 0) is 50.2 Å². The minimum absolute atomic E-state index is 0.327. The van der Waals surface area contributed by atoms with Crippen LogP contribution in [0.25, 0.3) is 0 Å². The molecular formula is C19H18N4O4. The van der Waals surface area contributed by atoms with Gasteiger partial charge in [-0.15, -0.1) is 0 Å². The van der Waals surface area contributed by atoms with Gasteiger partial charge in [0.05, 0.1) is 16.8 Å². The summed E-state index contributed by atoms with van der Waals surface area (Å²) in [5, 5.41) is 3.88. The number of amides is 2. The average Bonchev–Trinajstić information content (AvgIpc) is 3.03. The Balaban J connectivity index is 1.53. The van der Waals surface area contributed by atoms with Crippen LogP contribution in [0.1, 0.15) is 37.7 Å². The van der Waals surface area contributed by atoms with Crippen molar-refractivity contribution in [2.45, 2.75) is 20.5 Å². The molecule has 8 heteroatoms. The second-order valence-corrected chi connectivity index (χ2v) is 5.77. The highest BCUT2D eigenvalue weighted by atomic mass is 16.5. The van der Waals surface area contributed by atoms with E-state index in [9.17, 15) is 9.59 Å². The highest BCUT2D eigenvalue weighted by molar-refractivity contribution is 5.98. The van der Waals surface area contributed by atoms with Crippen LogP contribution in [0.5, 0.6) is 5.75 Å². The zero-order chi connectivity index (χ0) is 19.2. The second kappa shape index (κ2) is 8.13. The number of benzene rings is 1. The number of hydrazine groups is 1. The van der Waals surface area contributed by atoms with Crippen molar-refractivity contribution in [3.8, 4) is 5.75 Å². The van der Waals surface area contributed by atoms with Crippen molar-refractivity contribution >= 4 is 11.8 Å². The van der Waals surface area contributed by atoms with E-state index in [0.717, 1.165) is 11.3 Å². The Labute approximate surface area is 155 Å². The molecule has 2 amide bonds. The number of nitrogens with zero attached hydrogens (tertiary/aromatic N) is 2. The number of aryl methyl sites for hydroxylation is 2. The molecule has 0 spiro atoms. The Bertz CT molecular complexity index is 917. The third-order valence-electron chi connectivity index (χ3n) is 3.89. The smallest absolute Gasteiger partial charge is 0.271 e. The fourth-order valence-corrected chi connectivity index (χ4v) is 2.32. The van der Waals surface area contributed by atoms with Gasteiger partial charge in [-0.1, -0.05) is 5.16 Å². The molecule has 2 heterocycles. The van der Waals surface area contributed by atoms with Crippen LogP contribution >= 0.6 is 0 Å². The number of ether oxygens (including phenoxy) is 1. The fourth-order valence-electron chi connectivity index (χ4n) is 2.32. The SMILES string of the molecule is Cc1noc(C)c1COc1ccc(C(=O)NNC(=O)c2cccnc2)cc1. The molecule has 0 bridgehead atoms. The van der Waals surface area contributed by atoms with E-state index >= 15 is 0 Å². The zero-order valence-electron chi connectivity index (χ0n) is 14.9. The number of aromatic nitrogens is 2. The van der Waals surface area contributed by atoms with Crippen LogP contribution < -0.4 is 15.6 Å². The first-order chi connectivity index (χ1) is 13.0. The van der Waals surface area contributed by atoms with Gasteiger partial charge in [0.25, 0.3) is 11.8 Å². The van der Waals surface area contributed by atoms with E-state index in [0.29, 0.717) is 29.2 Å². The molecule has 0 aliphatic heterocycles. The van der Waals surface area contributed by atoms with E-state index in [-0.39, 0.29) is 0 Å². The van der Waals surface area contributed by atoms with Gasteiger partial charge in [-0.25, -0.2) is 0 Å². The predicted molar refractivity (Wildman–Crippen MR) is 95.9 cm³/mol. The highest BCUT2D eigenvalue weighted by Crippen LogP contribution is 2.17. The maximum Gasteiger partial charge on any atom is 0.271 e. The molecule has 1 aromatic carbocycles. The first-order valence-corrected chi connectivity index (χ1v) is 8.20. The second-order valence-electron chi connectivity index (χ2n) is 5.77. The third-order valence-corrected chi connectivity index (χ3v) is 3.89. The van der Waals surface area contributed by atoms with Crippen molar-refractivity contribution in [3.05, 3.63) is 76.9 Å². The summed E-state index contributed by atoms with van der Waals surface area (Å²) >= 11 is 0. The highest BCUT2D eigenvalue weighted by Gasteiger charge is 2.11. The zero-order valence-corrected chi connectivity index (χ0v) is 14.9. The van der Waals surface area contributed by atoms with Gasteiger partial charge in [-0.2, -0.15) is 0 Å². The normalized spacial score (nSPS) is 10.3. The first-order valence-electron chi connectivity index (χ1n) is 8.20. The maximum absolute atomic E-state index is 12.1. The molecule has 0 atom stereocenters. The number of nitrogens with one attached hydrogen (secondary N) is 2. The van der Waals surface area contributed by atoms with Crippen molar-refractivity contribution in [2.24, 2.45) is 0 Å². The molecule has 3 aromatic rings. The maximum atomic E-state index is 12.1. The Morgan fingerprint density at radius 1 is 1.04 bits per heavy atom. The van der Waals surface area contributed by atoms with Crippen molar-refractivity contribution in [3.63, 3.8) is 0 Å². The van der Waals surface area contributed by atoms with Gasteiger partial charge in [0, 0.05) is 18.0 Å². The van der Waals surface area contributed by atoms with Crippen molar-refractivity contribution in [1.82, 2.24) is 21.0 Å². The molecule has 27 heavy (non-hydrogen) atoms. The quantitative estimate of drug-likeness (QED) is 0.671. The van der Waals surface area contributed by atoms with E-state index in [1.165, 1.54) is 6.20 Å². The number of hydrogen-bond donors (Lipinski definition) is 2. The van der Waals surface area contributed by atoms with Crippen molar-refractivity contribution in [1.29, 1.82) is 0 Å². The van der Waals surface area contributed by atoms with Crippen LogP contribution in [0.15, 0.2) is 53.3 Å². The van der Waals surface area contributed by atoms with Crippen LogP contribution in [0.4, 0.5) is 0 Å². The Morgan fingerprint density at radius 3 is 2.33 bits per heavy atom. The monoisotopic (exact) mass is 366 g/mol. The molecule has 3 rings (SSSR count). The van der Waals surface area contributed by atoms with Crippen LogP contribution in [0.2, 0.25) is 0 Å². The number of rotatable bonds is 5. The molecular weight excluding hydrogens is 348 g/mol. The minimum Gasteiger partial charge on any atom is -0.489 e. The molecule has 8 nitrogen and oxygen atoms in total. The van der Waals surface area contributed by atoms with E-state index in [4.69, 9.17) is 9.26 Å². The number of carbonyl (C=O) groups excluding carboxylic acids is 2. The van der Waals surface area contributed by atoms with Gasteiger partial charge in [0.1, 0.15) is 18.1 Å². The van der Waals surface area contributed by atoms with Gasteiger partial charge in [0.2, 0.25) is 0 Å². The molecule has 2 N–H and O–H groups in total. The van der Waals surface area contributed by atoms with Gasteiger partial charge < -0.3 is 9.26 Å². The lowest BCUT2D eigenvalue weighted by Gasteiger charge is -2.09. The Kier molecular flexibility index (Phi) is 5.46. The van der Waals surface area contributed by atoms with E-state index in [1.54, 1.807) is 42.6 Å². The summed E-state index contributed by atoms with van der Waals surface area (Å²) in [5.41, 5.74) is 7.11. The van der Waals surface area contributed by atoms with Gasteiger partial charge in [0.15, 0.2) is 0 Å². The fraction of sp³-hybridized carbons (Fsp3) is 0.158. The lowest BCUT2D eigenvalue weighted by molar-refractivity contribution is 0.0846. The van der Waals surface area contributed by atoms with Crippen LogP contribution in [-0.4, -0.2) is 22.0 Å². The van der Waals surface area contributed by atoms with E-state index in [2.05, 4.69) is 21.0 Å². The summed E-state index contributed by atoms with van der Waals surface area (Å²) in [6.07, 6.45) is 2.97. The lowest BCUT2D eigenvalue weighted by atomic mass is 10.2. The first kappa shape index (κ1) is 18.1. The molecule has 0 fully saturated rings. The summed E-state index contributed by atoms with van der Waals surface area (Å²) < 4.78 is 10.8. The van der Waals surface area contributed by atoms with Gasteiger partial charge in [-0.3, -0.25) is 25.4 Å². The number of hydrogen-bond acceptors (Lipinski definition) is 6. The molecule has 2 aromatic heterocycles. The van der Waals surface area contributed by atoms with E-state index < -0.39 is 11.8 Å². The molecule has 0 unspecified atom stereocenters. The number of pyridine rings is 1. The lowest BCUT2D eigenvalue weighted by Crippen LogP contribution is -2.41. The minimum atomic E-state index is -0.448. The molecule has 0 aliphatic rings. The third kappa shape index (κ3) is 4.49. The van der Waals surface area contributed by atoms with Gasteiger partial charge >= 0.3 is 0 Å². The molecule has 138 valence electrons. The summed E-state index contributed by atoms with van der Waals surface area (Å²) in [6, 6.07) is 9.80. The Morgan fingerprint density at radius 2 is 1.74 bits per heavy atom. The molecule has 0 saturated heterocycles. The standard InChI is InChI=1S/C19H18N4O4/c1-12-17(13(2)27-23-12)11-26-16-7-5-14(6-8-16)18(24)21-22-19(25)15-4-3-9-20-10-15/h3-10H,11H2,1-2H3,(H,21,24)(H,22,25). The molecule has 0 aliphatic carbocycles. The predicted octanol–water partition coefficient (Wildman–Crippen LogP) is 2.34. The summed E-state index contributed by atoms with van der Waals surface area (Å²) in [4.78, 5) is 27.9.